The molecule has 2 rings (SSSR count). The van der Waals surface area contributed by atoms with Crippen molar-refractivity contribution in [3.05, 3.63) is 24.3 Å². The number of para-hydroxylation sites is 1. The van der Waals surface area contributed by atoms with Crippen molar-refractivity contribution in [1.29, 1.82) is 0 Å². The summed E-state index contributed by atoms with van der Waals surface area (Å²) in [5.41, 5.74) is 0.258. The maximum atomic E-state index is 12.7. The molecule has 20 heavy (non-hydrogen) atoms. The first-order valence-electron chi connectivity index (χ1n) is 6.47. The van der Waals surface area contributed by atoms with Gasteiger partial charge in [-0.25, -0.2) is 8.42 Å². The molecule has 0 amide bonds. The Hall–Kier alpha value is -1.21. The number of sulfone groups is 1. The number of nitrogens with zero attached hydrogens (tertiary/aromatic N) is 1. The first-order valence-corrected chi connectivity index (χ1v) is 8.02. The Balaban J connectivity index is 2.25. The molecule has 1 aliphatic rings. The fourth-order valence-corrected chi connectivity index (χ4v) is 3.33. The summed E-state index contributed by atoms with van der Waals surface area (Å²) in [4.78, 5) is 1.80. The SMILES string of the molecule is CN1CCCC(Nc2ccccc2S(=O)(=O)C(F)F)C1. The molecule has 1 aromatic carbocycles. The van der Waals surface area contributed by atoms with E-state index in [1.807, 2.05) is 7.05 Å². The van der Waals surface area contributed by atoms with Crippen LogP contribution in [0.25, 0.3) is 0 Å². The minimum atomic E-state index is -4.58. The minimum Gasteiger partial charge on any atom is -0.380 e. The molecule has 1 N–H and O–H groups in total. The van der Waals surface area contributed by atoms with Gasteiger partial charge < -0.3 is 10.2 Å². The molecule has 112 valence electrons. The van der Waals surface area contributed by atoms with E-state index >= 15 is 0 Å². The zero-order chi connectivity index (χ0) is 14.8. The number of benzene rings is 1. The minimum absolute atomic E-state index is 0.0720. The van der Waals surface area contributed by atoms with Crippen LogP contribution in [0.3, 0.4) is 0 Å². The van der Waals surface area contributed by atoms with Crippen molar-refractivity contribution in [1.82, 2.24) is 4.90 Å². The molecule has 1 fully saturated rings. The molecule has 1 unspecified atom stereocenters. The Morgan fingerprint density at radius 2 is 2.05 bits per heavy atom. The van der Waals surface area contributed by atoms with Crippen LogP contribution in [-0.2, 0) is 9.84 Å². The molecule has 1 saturated heterocycles. The van der Waals surface area contributed by atoms with E-state index < -0.39 is 15.6 Å². The summed E-state index contributed by atoms with van der Waals surface area (Å²) in [5, 5.41) is 3.09. The van der Waals surface area contributed by atoms with Crippen LogP contribution in [0.1, 0.15) is 12.8 Å². The van der Waals surface area contributed by atoms with Crippen LogP contribution in [0.4, 0.5) is 14.5 Å². The summed E-state index contributed by atoms with van der Waals surface area (Å²) in [6.07, 6.45) is 1.89. The van der Waals surface area contributed by atoms with E-state index in [2.05, 4.69) is 10.2 Å². The highest BCUT2D eigenvalue weighted by Gasteiger charge is 2.29. The van der Waals surface area contributed by atoms with Crippen LogP contribution < -0.4 is 5.32 Å². The van der Waals surface area contributed by atoms with Gasteiger partial charge in [0.2, 0.25) is 9.84 Å². The van der Waals surface area contributed by atoms with Gasteiger partial charge in [-0.1, -0.05) is 12.1 Å². The number of likely N-dealkylation sites (tertiary alicyclic amines) is 1. The van der Waals surface area contributed by atoms with E-state index in [9.17, 15) is 17.2 Å². The summed E-state index contributed by atoms with van der Waals surface area (Å²) in [7, 11) is -2.60. The molecule has 0 bridgehead atoms. The zero-order valence-corrected chi connectivity index (χ0v) is 12.0. The van der Waals surface area contributed by atoms with E-state index in [4.69, 9.17) is 0 Å². The third kappa shape index (κ3) is 3.27. The van der Waals surface area contributed by atoms with Gasteiger partial charge >= 0.3 is 5.76 Å². The monoisotopic (exact) mass is 304 g/mol. The van der Waals surface area contributed by atoms with Gasteiger partial charge in [-0.3, -0.25) is 0 Å². The first kappa shape index (κ1) is 15.2. The maximum Gasteiger partial charge on any atom is 0.341 e. The summed E-state index contributed by atoms with van der Waals surface area (Å²) in [5.74, 6) is -3.40. The summed E-state index contributed by atoms with van der Waals surface area (Å²) < 4.78 is 48.7. The van der Waals surface area contributed by atoms with E-state index in [-0.39, 0.29) is 16.6 Å². The topological polar surface area (TPSA) is 49.4 Å². The molecule has 0 spiro atoms. The third-order valence-electron chi connectivity index (χ3n) is 3.41. The van der Waals surface area contributed by atoms with Gasteiger partial charge in [0.15, 0.2) is 0 Å². The molecule has 0 radical (unpaired) electrons. The molecule has 1 atom stereocenters. The molecule has 1 aromatic rings. The van der Waals surface area contributed by atoms with Crippen molar-refractivity contribution >= 4 is 15.5 Å². The quantitative estimate of drug-likeness (QED) is 0.926. The van der Waals surface area contributed by atoms with Gasteiger partial charge in [0.1, 0.15) is 0 Å². The smallest absolute Gasteiger partial charge is 0.341 e. The number of hydrogen-bond acceptors (Lipinski definition) is 4. The fourth-order valence-electron chi connectivity index (χ4n) is 2.43. The van der Waals surface area contributed by atoms with Gasteiger partial charge in [0, 0.05) is 12.6 Å². The summed E-state index contributed by atoms with van der Waals surface area (Å²) in [6.45, 7) is 1.76. The third-order valence-corrected chi connectivity index (χ3v) is 4.85. The van der Waals surface area contributed by atoms with Gasteiger partial charge in [-0.05, 0) is 38.6 Å². The Bertz CT molecular complexity index is 563. The number of nitrogens with one attached hydrogen (secondary N) is 1. The Morgan fingerprint density at radius 3 is 2.70 bits per heavy atom. The highest BCUT2D eigenvalue weighted by Crippen LogP contribution is 2.27. The van der Waals surface area contributed by atoms with Crippen molar-refractivity contribution in [3.63, 3.8) is 0 Å². The maximum absolute atomic E-state index is 12.7. The summed E-state index contributed by atoms with van der Waals surface area (Å²) >= 11 is 0. The van der Waals surface area contributed by atoms with Gasteiger partial charge in [-0.15, -0.1) is 0 Å². The van der Waals surface area contributed by atoms with Crippen LogP contribution >= 0.6 is 0 Å². The molecule has 0 aliphatic carbocycles. The van der Waals surface area contributed by atoms with Crippen molar-refractivity contribution in [3.8, 4) is 0 Å². The van der Waals surface area contributed by atoms with Crippen molar-refractivity contribution in [2.45, 2.75) is 29.5 Å². The average Bonchev–Trinajstić information content (AvgIpc) is 2.39. The number of rotatable bonds is 4. The highest BCUT2D eigenvalue weighted by atomic mass is 32.2. The number of anilines is 1. The van der Waals surface area contributed by atoms with E-state index in [1.165, 1.54) is 18.2 Å². The predicted octanol–water partition coefficient (Wildman–Crippen LogP) is 2.19. The van der Waals surface area contributed by atoms with Crippen molar-refractivity contribution < 1.29 is 17.2 Å². The van der Waals surface area contributed by atoms with Crippen LogP contribution in [0.15, 0.2) is 29.2 Å². The van der Waals surface area contributed by atoms with E-state index in [0.717, 1.165) is 25.9 Å². The number of piperidine rings is 1. The molecule has 7 heteroatoms. The lowest BCUT2D eigenvalue weighted by Crippen LogP contribution is -2.40. The molecular formula is C13H18F2N2O2S. The number of halogens is 2. The van der Waals surface area contributed by atoms with Gasteiger partial charge in [-0.2, -0.15) is 8.78 Å². The normalized spacial score (nSPS) is 21.1. The lowest BCUT2D eigenvalue weighted by Gasteiger charge is -2.31. The Kier molecular flexibility index (Phi) is 4.59. The van der Waals surface area contributed by atoms with Crippen LogP contribution in [0.5, 0.6) is 0 Å². The second-order valence-electron chi connectivity index (χ2n) is 5.05. The van der Waals surface area contributed by atoms with Gasteiger partial charge in [0.05, 0.1) is 10.6 Å². The van der Waals surface area contributed by atoms with E-state index in [0.29, 0.717) is 0 Å². The second-order valence-corrected chi connectivity index (χ2v) is 6.93. The molecule has 4 nitrogen and oxygen atoms in total. The Morgan fingerprint density at radius 1 is 1.35 bits per heavy atom. The standard InChI is InChI=1S/C13H18F2N2O2S/c1-17-8-4-5-10(9-17)16-11-6-2-3-7-12(11)20(18,19)13(14)15/h2-3,6-7,10,13,16H,4-5,8-9H2,1H3. The first-order chi connectivity index (χ1) is 9.41. The summed E-state index contributed by atoms with van der Waals surface area (Å²) in [6, 6.07) is 5.91. The van der Waals surface area contributed by atoms with Crippen LogP contribution in [0.2, 0.25) is 0 Å². The van der Waals surface area contributed by atoms with Crippen LogP contribution in [0, 0.1) is 0 Å². The molecule has 0 saturated carbocycles. The lowest BCUT2D eigenvalue weighted by molar-refractivity contribution is 0.234. The predicted molar refractivity (Wildman–Crippen MR) is 73.8 cm³/mol. The van der Waals surface area contributed by atoms with Crippen molar-refractivity contribution in [2.24, 2.45) is 0 Å². The number of hydrogen-bond donors (Lipinski definition) is 1. The molecule has 1 aliphatic heterocycles. The highest BCUT2D eigenvalue weighted by molar-refractivity contribution is 7.91. The van der Waals surface area contributed by atoms with Crippen molar-refractivity contribution in [2.75, 3.05) is 25.5 Å². The average molecular weight is 304 g/mol. The molecular weight excluding hydrogens is 286 g/mol. The Labute approximate surface area is 117 Å². The molecule has 0 aromatic heterocycles. The lowest BCUT2D eigenvalue weighted by atomic mass is 10.1. The second kappa shape index (κ2) is 6.05. The van der Waals surface area contributed by atoms with Crippen LogP contribution in [-0.4, -0.2) is 45.3 Å². The van der Waals surface area contributed by atoms with E-state index in [1.54, 1.807) is 6.07 Å². The molecule has 1 heterocycles. The number of alkyl halides is 2. The largest absolute Gasteiger partial charge is 0.380 e. The number of likely N-dealkylation sites (N-methyl/N-ethyl adjacent to an activating group) is 1. The zero-order valence-electron chi connectivity index (χ0n) is 11.2. The fraction of sp³-hybridized carbons (Fsp3) is 0.538. The van der Waals surface area contributed by atoms with Gasteiger partial charge in [0.25, 0.3) is 0 Å².